The van der Waals surface area contributed by atoms with Crippen molar-refractivity contribution in [1.29, 1.82) is 0 Å². The van der Waals surface area contributed by atoms with E-state index in [9.17, 15) is 0 Å². The van der Waals surface area contributed by atoms with Crippen molar-refractivity contribution in [2.75, 3.05) is 27.2 Å². The second-order valence-corrected chi connectivity index (χ2v) is 6.13. The van der Waals surface area contributed by atoms with Crippen LogP contribution in [-0.4, -0.2) is 43.1 Å². The van der Waals surface area contributed by atoms with E-state index in [1.807, 2.05) is 25.4 Å². The Morgan fingerprint density at radius 2 is 2.29 bits per heavy atom. The molecular weight excluding hydrogens is 264 g/mol. The predicted octanol–water partition coefficient (Wildman–Crippen LogP) is 2.04. The summed E-state index contributed by atoms with van der Waals surface area (Å²) in [5.41, 5.74) is 1.73. The highest BCUT2D eigenvalue weighted by Crippen LogP contribution is 2.47. The van der Waals surface area contributed by atoms with E-state index < -0.39 is 0 Å². The summed E-state index contributed by atoms with van der Waals surface area (Å²) in [5.74, 6) is 1.66. The second kappa shape index (κ2) is 5.92. The molecule has 3 rings (SSSR count). The first kappa shape index (κ1) is 14.2. The van der Waals surface area contributed by atoms with Gasteiger partial charge in [0.25, 0.3) is 0 Å². The van der Waals surface area contributed by atoms with E-state index in [1.165, 1.54) is 25.7 Å². The zero-order valence-corrected chi connectivity index (χ0v) is 12.9. The standard InChI is InChI=1S/C16H24N4O/c1-17-15(20-9-8-16(12-20)6-3-7-16)19-11-13-4-5-14(21-2)18-10-13/h4-5,10H,3,6-9,11-12H2,1-2H3,(H,17,19). The van der Waals surface area contributed by atoms with Crippen LogP contribution in [0.2, 0.25) is 0 Å². The number of nitrogens with zero attached hydrogens (tertiary/aromatic N) is 3. The van der Waals surface area contributed by atoms with Gasteiger partial charge in [-0.05, 0) is 30.2 Å². The number of guanidine groups is 1. The Morgan fingerprint density at radius 1 is 1.43 bits per heavy atom. The minimum absolute atomic E-state index is 0.597. The van der Waals surface area contributed by atoms with Gasteiger partial charge in [0.05, 0.1) is 7.11 Å². The third-order valence-corrected chi connectivity index (χ3v) is 4.82. The SMILES string of the molecule is CN=C(NCc1ccc(OC)nc1)N1CCC2(CCC2)C1. The highest BCUT2D eigenvalue weighted by Gasteiger charge is 2.43. The smallest absolute Gasteiger partial charge is 0.212 e. The molecule has 1 saturated carbocycles. The van der Waals surface area contributed by atoms with Crippen LogP contribution in [0.15, 0.2) is 23.3 Å². The molecule has 0 aromatic carbocycles. The number of rotatable bonds is 3. The lowest BCUT2D eigenvalue weighted by Crippen LogP contribution is -2.42. The summed E-state index contributed by atoms with van der Waals surface area (Å²) >= 11 is 0. The van der Waals surface area contributed by atoms with Crippen LogP contribution in [0.3, 0.4) is 0 Å². The molecule has 1 aliphatic heterocycles. The highest BCUT2D eigenvalue weighted by atomic mass is 16.5. The number of ether oxygens (including phenoxy) is 1. The van der Waals surface area contributed by atoms with E-state index in [1.54, 1.807) is 7.11 Å². The fourth-order valence-electron chi connectivity index (χ4n) is 3.35. The summed E-state index contributed by atoms with van der Waals surface area (Å²) in [6, 6.07) is 3.92. The summed E-state index contributed by atoms with van der Waals surface area (Å²) in [7, 11) is 3.49. The number of likely N-dealkylation sites (tertiary alicyclic amines) is 1. The molecule has 1 spiro atoms. The summed E-state index contributed by atoms with van der Waals surface area (Å²) in [5, 5.41) is 3.45. The average molecular weight is 288 g/mol. The Morgan fingerprint density at radius 3 is 2.81 bits per heavy atom. The zero-order chi connectivity index (χ0) is 14.7. The van der Waals surface area contributed by atoms with Crippen molar-refractivity contribution in [2.24, 2.45) is 10.4 Å². The molecule has 21 heavy (non-hydrogen) atoms. The van der Waals surface area contributed by atoms with Gasteiger partial charge in [0.2, 0.25) is 5.88 Å². The van der Waals surface area contributed by atoms with Crippen molar-refractivity contribution in [2.45, 2.75) is 32.2 Å². The number of hydrogen-bond donors (Lipinski definition) is 1. The van der Waals surface area contributed by atoms with E-state index >= 15 is 0 Å². The Labute approximate surface area is 126 Å². The van der Waals surface area contributed by atoms with Crippen molar-refractivity contribution in [3.8, 4) is 5.88 Å². The molecule has 0 atom stereocenters. The van der Waals surface area contributed by atoms with Gasteiger partial charge in [-0.2, -0.15) is 0 Å². The minimum Gasteiger partial charge on any atom is -0.481 e. The molecule has 2 fully saturated rings. The van der Waals surface area contributed by atoms with Crippen LogP contribution >= 0.6 is 0 Å². The monoisotopic (exact) mass is 288 g/mol. The van der Waals surface area contributed by atoms with Crippen LogP contribution in [0.25, 0.3) is 0 Å². The lowest BCUT2D eigenvalue weighted by atomic mass is 9.68. The molecule has 5 nitrogen and oxygen atoms in total. The Balaban J connectivity index is 1.55. The number of aliphatic imine (C=N–C) groups is 1. The zero-order valence-electron chi connectivity index (χ0n) is 12.9. The maximum atomic E-state index is 5.08. The molecule has 114 valence electrons. The van der Waals surface area contributed by atoms with E-state index in [0.29, 0.717) is 11.3 Å². The Kier molecular flexibility index (Phi) is 3.99. The van der Waals surface area contributed by atoms with E-state index in [2.05, 4.69) is 20.2 Å². The van der Waals surface area contributed by atoms with Crippen molar-refractivity contribution in [1.82, 2.24) is 15.2 Å². The van der Waals surface area contributed by atoms with E-state index in [-0.39, 0.29) is 0 Å². The van der Waals surface area contributed by atoms with Crippen molar-refractivity contribution >= 4 is 5.96 Å². The number of pyridine rings is 1. The lowest BCUT2D eigenvalue weighted by molar-refractivity contribution is 0.151. The van der Waals surface area contributed by atoms with Gasteiger partial charge in [-0.1, -0.05) is 12.5 Å². The van der Waals surface area contributed by atoms with Crippen LogP contribution in [0.1, 0.15) is 31.2 Å². The van der Waals surface area contributed by atoms with Crippen LogP contribution in [0.4, 0.5) is 0 Å². The Bertz CT molecular complexity index is 508. The number of hydrogen-bond acceptors (Lipinski definition) is 3. The number of nitrogens with one attached hydrogen (secondary N) is 1. The summed E-state index contributed by atoms with van der Waals surface area (Å²) in [4.78, 5) is 11.1. The maximum Gasteiger partial charge on any atom is 0.212 e. The topological polar surface area (TPSA) is 49.8 Å². The third-order valence-electron chi connectivity index (χ3n) is 4.82. The van der Waals surface area contributed by atoms with Crippen LogP contribution in [-0.2, 0) is 6.54 Å². The fourth-order valence-corrected chi connectivity index (χ4v) is 3.35. The highest BCUT2D eigenvalue weighted by molar-refractivity contribution is 5.80. The normalized spacial score (nSPS) is 20.5. The van der Waals surface area contributed by atoms with Crippen molar-refractivity contribution in [3.63, 3.8) is 0 Å². The quantitative estimate of drug-likeness (QED) is 0.683. The van der Waals surface area contributed by atoms with Crippen molar-refractivity contribution < 1.29 is 4.74 Å². The molecule has 1 saturated heterocycles. The summed E-state index contributed by atoms with van der Waals surface area (Å²) < 4.78 is 5.08. The number of methoxy groups -OCH3 is 1. The molecular formula is C16H24N4O. The minimum atomic E-state index is 0.597. The predicted molar refractivity (Wildman–Crippen MR) is 83.5 cm³/mol. The molecule has 5 heteroatoms. The average Bonchev–Trinajstić information content (AvgIpc) is 2.94. The van der Waals surface area contributed by atoms with E-state index in [4.69, 9.17) is 4.74 Å². The molecule has 1 aromatic heterocycles. The third kappa shape index (κ3) is 2.96. The van der Waals surface area contributed by atoms with Gasteiger partial charge in [0.1, 0.15) is 0 Å². The van der Waals surface area contributed by atoms with Crippen LogP contribution in [0.5, 0.6) is 5.88 Å². The molecule has 1 aliphatic carbocycles. The largest absolute Gasteiger partial charge is 0.481 e. The molecule has 0 amide bonds. The molecule has 0 unspecified atom stereocenters. The first-order valence-electron chi connectivity index (χ1n) is 7.69. The van der Waals surface area contributed by atoms with Gasteiger partial charge in [-0.3, -0.25) is 4.99 Å². The first-order valence-corrected chi connectivity index (χ1v) is 7.69. The first-order chi connectivity index (χ1) is 10.2. The van der Waals surface area contributed by atoms with Gasteiger partial charge in [0, 0.05) is 38.9 Å². The van der Waals surface area contributed by atoms with Gasteiger partial charge in [-0.15, -0.1) is 0 Å². The lowest BCUT2D eigenvalue weighted by Gasteiger charge is -2.38. The van der Waals surface area contributed by atoms with Gasteiger partial charge >= 0.3 is 0 Å². The van der Waals surface area contributed by atoms with Crippen LogP contribution < -0.4 is 10.1 Å². The molecule has 1 N–H and O–H groups in total. The maximum absolute atomic E-state index is 5.08. The summed E-state index contributed by atoms with van der Waals surface area (Å²) in [6.07, 6.45) is 7.34. The Hall–Kier alpha value is -1.78. The molecule has 1 aromatic rings. The van der Waals surface area contributed by atoms with E-state index in [0.717, 1.165) is 31.2 Å². The fraction of sp³-hybridized carbons (Fsp3) is 0.625. The summed E-state index contributed by atoms with van der Waals surface area (Å²) in [6.45, 7) is 3.03. The number of aromatic nitrogens is 1. The van der Waals surface area contributed by atoms with Crippen molar-refractivity contribution in [3.05, 3.63) is 23.9 Å². The van der Waals surface area contributed by atoms with Gasteiger partial charge in [-0.25, -0.2) is 4.98 Å². The van der Waals surface area contributed by atoms with Crippen LogP contribution in [0, 0.1) is 5.41 Å². The van der Waals surface area contributed by atoms with Gasteiger partial charge < -0.3 is 15.0 Å². The van der Waals surface area contributed by atoms with Gasteiger partial charge in [0.15, 0.2) is 5.96 Å². The molecule has 2 heterocycles. The second-order valence-electron chi connectivity index (χ2n) is 6.13. The molecule has 0 bridgehead atoms. The molecule has 0 radical (unpaired) electrons. The molecule has 2 aliphatic rings.